The summed E-state index contributed by atoms with van der Waals surface area (Å²) >= 11 is 6.11. The van der Waals surface area contributed by atoms with Gasteiger partial charge in [0.1, 0.15) is 5.82 Å². The third-order valence-corrected chi connectivity index (χ3v) is 6.51. The van der Waals surface area contributed by atoms with E-state index >= 15 is 0 Å². The minimum absolute atomic E-state index is 0.0371. The van der Waals surface area contributed by atoms with Crippen molar-refractivity contribution < 1.29 is 9.59 Å². The zero-order valence-electron chi connectivity index (χ0n) is 18.6. The molecule has 1 fully saturated rings. The van der Waals surface area contributed by atoms with Gasteiger partial charge in [-0.3, -0.25) is 14.5 Å². The Hall–Kier alpha value is -3.32. The zero-order valence-corrected chi connectivity index (χ0v) is 19.3. The van der Waals surface area contributed by atoms with Gasteiger partial charge in [-0.05, 0) is 42.8 Å². The molecule has 2 aliphatic rings. The molecule has 7 nitrogen and oxygen atoms in total. The predicted octanol–water partition coefficient (Wildman–Crippen LogP) is 3.74. The molecule has 33 heavy (non-hydrogen) atoms. The molecule has 170 valence electrons. The van der Waals surface area contributed by atoms with E-state index in [1.807, 2.05) is 71.1 Å². The van der Waals surface area contributed by atoms with Crippen molar-refractivity contribution in [2.45, 2.75) is 26.4 Å². The molecule has 3 heterocycles. The molecule has 0 atom stereocenters. The molecule has 0 aliphatic carbocycles. The molecule has 3 aromatic rings. The van der Waals surface area contributed by atoms with Gasteiger partial charge in [-0.1, -0.05) is 29.8 Å². The van der Waals surface area contributed by atoms with Gasteiger partial charge in [-0.2, -0.15) is 5.10 Å². The summed E-state index contributed by atoms with van der Waals surface area (Å²) in [4.78, 5) is 31.5. The number of aryl methyl sites for hydroxylation is 2. The molecular formula is C25H26ClN5O2. The number of aromatic nitrogens is 2. The van der Waals surface area contributed by atoms with Crippen LogP contribution in [0.5, 0.6) is 0 Å². The lowest BCUT2D eigenvalue weighted by atomic mass is 10.1. The zero-order chi connectivity index (χ0) is 22.9. The maximum atomic E-state index is 13.0. The first kappa shape index (κ1) is 21.5. The van der Waals surface area contributed by atoms with Crippen LogP contribution in [0, 0.1) is 6.92 Å². The van der Waals surface area contributed by atoms with Gasteiger partial charge in [0.05, 0.1) is 18.8 Å². The third kappa shape index (κ3) is 4.46. The Labute approximate surface area is 198 Å². The summed E-state index contributed by atoms with van der Waals surface area (Å²) in [6.07, 6.45) is 0.450. The van der Waals surface area contributed by atoms with Gasteiger partial charge in [-0.25, -0.2) is 4.68 Å². The number of carbonyl (C=O) groups is 2. The van der Waals surface area contributed by atoms with Crippen LogP contribution in [0.2, 0.25) is 5.02 Å². The molecule has 0 radical (unpaired) electrons. The lowest BCUT2D eigenvalue weighted by molar-refractivity contribution is -0.119. The standard InChI is InChI=1S/C25H26ClN5O2/c1-18-15-23-30(24(32)9-10-31(23)27-18)17-19-5-7-20(8-6-19)25(33)29-13-11-28(12-14-29)22-4-2-3-21(26)16-22/h2-8,15-16H,9-14,17H2,1H3. The fourth-order valence-electron chi connectivity index (χ4n) is 4.51. The van der Waals surface area contributed by atoms with Crippen molar-refractivity contribution >= 4 is 34.9 Å². The molecule has 0 spiro atoms. The molecular weight excluding hydrogens is 438 g/mol. The SMILES string of the molecule is Cc1cc2n(n1)CCC(=O)N2Cc1ccc(C(=O)N2CCN(c3cccc(Cl)c3)CC2)cc1. The lowest BCUT2D eigenvalue weighted by Crippen LogP contribution is -2.48. The van der Waals surface area contributed by atoms with E-state index in [0.29, 0.717) is 38.2 Å². The number of nitrogens with zero attached hydrogens (tertiary/aromatic N) is 5. The second-order valence-corrected chi connectivity index (χ2v) is 8.99. The van der Waals surface area contributed by atoms with Gasteiger partial charge in [0.15, 0.2) is 0 Å². The van der Waals surface area contributed by atoms with E-state index in [1.165, 1.54) is 0 Å². The van der Waals surface area contributed by atoms with E-state index in [1.54, 1.807) is 4.90 Å². The smallest absolute Gasteiger partial charge is 0.253 e. The highest BCUT2D eigenvalue weighted by Gasteiger charge is 2.26. The second kappa shape index (κ2) is 8.90. The Bertz CT molecular complexity index is 1180. The highest BCUT2D eigenvalue weighted by Crippen LogP contribution is 2.25. The van der Waals surface area contributed by atoms with Crippen molar-refractivity contribution in [2.75, 3.05) is 36.0 Å². The van der Waals surface area contributed by atoms with Gasteiger partial charge in [0.25, 0.3) is 5.91 Å². The van der Waals surface area contributed by atoms with Crippen molar-refractivity contribution in [3.8, 4) is 0 Å². The number of fused-ring (bicyclic) bond motifs is 1. The highest BCUT2D eigenvalue weighted by molar-refractivity contribution is 6.30. The summed E-state index contributed by atoms with van der Waals surface area (Å²) in [6.45, 7) is 5.90. The van der Waals surface area contributed by atoms with E-state index in [9.17, 15) is 9.59 Å². The van der Waals surface area contributed by atoms with Crippen molar-refractivity contribution in [1.29, 1.82) is 0 Å². The van der Waals surface area contributed by atoms with E-state index in [-0.39, 0.29) is 11.8 Å². The fourth-order valence-corrected chi connectivity index (χ4v) is 4.69. The molecule has 8 heteroatoms. The summed E-state index contributed by atoms with van der Waals surface area (Å²) < 4.78 is 1.89. The van der Waals surface area contributed by atoms with Crippen LogP contribution >= 0.6 is 11.6 Å². The Morgan fingerprint density at radius 2 is 1.76 bits per heavy atom. The van der Waals surface area contributed by atoms with Crippen LogP contribution in [0.25, 0.3) is 0 Å². The lowest BCUT2D eigenvalue weighted by Gasteiger charge is -2.36. The van der Waals surface area contributed by atoms with E-state index in [4.69, 9.17) is 11.6 Å². The number of benzene rings is 2. The molecule has 1 aromatic heterocycles. The summed E-state index contributed by atoms with van der Waals surface area (Å²) in [7, 11) is 0. The molecule has 1 saturated heterocycles. The van der Waals surface area contributed by atoms with Crippen LogP contribution in [0.4, 0.5) is 11.5 Å². The van der Waals surface area contributed by atoms with Crippen molar-refractivity contribution in [1.82, 2.24) is 14.7 Å². The van der Waals surface area contributed by atoms with E-state index in [0.717, 1.165) is 40.9 Å². The second-order valence-electron chi connectivity index (χ2n) is 8.55. The third-order valence-electron chi connectivity index (χ3n) is 6.28. The average molecular weight is 464 g/mol. The van der Waals surface area contributed by atoms with Gasteiger partial charge >= 0.3 is 0 Å². The normalized spacial score (nSPS) is 16.2. The Balaban J connectivity index is 1.22. The molecule has 0 N–H and O–H groups in total. The van der Waals surface area contributed by atoms with Gasteiger partial charge in [-0.15, -0.1) is 0 Å². The van der Waals surface area contributed by atoms with Crippen molar-refractivity contribution in [3.05, 3.63) is 76.4 Å². The Kier molecular flexibility index (Phi) is 5.81. The Morgan fingerprint density at radius 1 is 1.00 bits per heavy atom. The molecule has 2 amide bonds. The number of piperazine rings is 1. The first-order chi connectivity index (χ1) is 16.0. The first-order valence-electron chi connectivity index (χ1n) is 11.2. The number of hydrogen-bond donors (Lipinski definition) is 0. The minimum Gasteiger partial charge on any atom is -0.368 e. The Morgan fingerprint density at radius 3 is 2.48 bits per heavy atom. The number of halogens is 1. The number of hydrogen-bond acceptors (Lipinski definition) is 4. The van der Waals surface area contributed by atoms with Crippen LogP contribution < -0.4 is 9.80 Å². The van der Waals surface area contributed by atoms with Crippen LogP contribution in [0.1, 0.15) is 28.0 Å². The van der Waals surface area contributed by atoms with Crippen molar-refractivity contribution in [2.24, 2.45) is 0 Å². The van der Waals surface area contributed by atoms with Gasteiger partial charge in [0.2, 0.25) is 5.91 Å². The molecule has 0 unspecified atom stereocenters. The molecule has 0 bridgehead atoms. The minimum atomic E-state index is 0.0371. The van der Waals surface area contributed by atoms with Crippen LogP contribution in [0.3, 0.4) is 0 Å². The molecule has 2 aromatic carbocycles. The quantitative estimate of drug-likeness (QED) is 0.591. The van der Waals surface area contributed by atoms with Gasteiger partial charge in [0, 0.05) is 54.9 Å². The van der Waals surface area contributed by atoms with Crippen LogP contribution in [-0.4, -0.2) is 52.7 Å². The fraction of sp³-hybridized carbons (Fsp3) is 0.320. The number of amides is 2. The highest BCUT2D eigenvalue weighted by atomic mass is 35.5. The molecule has 2 aliphatic heterocycles. The maximum absolute atomic E-state index is 13.0. The van der Waals surface area contributed by atoms with Crippen LogP contribution in [0.15, 0.2) is 54.6 Å². The van der Waals surface area contributed by atoms with Crippen LogP contribution in [-0.2, 0) is 17.9 Å². The summed E-state index contributed by atoms with van der Waals surface area (Å²) in [5.41, 5.74) is 3.64. The van der Waals surface area contributed by atoms with Crippen molar-refractivity contribution in [3.63, 3.8) is 0 Å². The largest absolute Gasteiger partial charge is 0.368 e. The predicted molar refractivity (Wildman–Crippen MR) is 129 cm³/mol. The van der Waals surface area contributed by atoms with E-state index in [2.05, 4.69) is 10.00 Å². The molecule has 0 saturated carbocycles. The van der Waals surface area contributed by atoms with Gasteiger partial charge < -0.3 is 9.80 Å². The molecule has 5 rings (SSSR count). The monoisotopic (exact) mass is 463 g/mol. The summed E-state index contributed by atoms with van der Waals surface area (Å²) in [5, 5.41) is 5.18. The topological polar surface area (TPSA) is 61.7 Å². The summed E-state index contributed by atoms with van der Waals surface area (Å²) in [6, 6.07) is 17.3. The summed E-state index contributed by atoms with van der Waals surface area (Å²) in [5.74, 6) is 0.969. The maximum Gasteiger partial charge on any atom is 0.253 e. The number of carbonyl (C=O) groups excluding carboxylic acids is 2. The first-order valence-corrected chi connectivity index (χ1v) is 11.6. The van der Waals surface area contributed by atoms with E-state index < -0.39 is 0 Å². The number of anilines is 2. The number of rotatable bonds is 4. The average Bonchev–Trinajstić information content (AvgIpc) is 3.22.